The van der Waals surface area contributed by atoms with E-state index >= 15 is 0 Å². The lowest BCUT2D eigenvalue weighted by molar-refractivity contribution is -0.135. The van der Waals surface area contributed by atoms with Crippen molar-refractivity contribution in [2.45, 2.75) is 39.5 Å². The van der Waals surface area contributed by atoms with Crippen LogP contribution in [0.3, 0.4) is 0 Å². The van der Waals surface area contributed by atoms with Gasteiger partial charge in [-0.25, -0.2) is 0 Å². The van der Waals surface area contributed by atoms with Gasteiger partial charge in [-0.2, -0.15) is 0 Å². The van der Waals surface area contributed by atoms with Gasteiger partial charge in [0, 0.05) is 36.3 Å². The van der Waals surface area contributed by atoms with Crippen LogP contribution in [0.25, 0.3) is 11.1 Å². The number of likely N-dealkylation sites (tertiary alicyclic amines) is 1. The van der Waals surface area contributed by atoms with Crippen LogP contribution < -0.4 is 4.74 Å². The second-order valence-corrected chi connectivity index (χ2v) is 7.43. The molecule has 4 nitrogen and oxygen atoms in total. The van der Waals surface area contributed by atoms with Crippen molar-refractivity contribution in [1.29, 1.82) is 0 Å². The fourth-order valence-electron chi connectivity index (χ4n) is 3.66. The zero-order valence-electron chi connectivity index (χ0n) is 16.2. The molecule has 2 aromatic rings. The van der Waals surface area contributed by atoms with Gasteiger partial charge < -0.3 is 9.64 Å². The molecule has 138 valence electrons. The molecule has 26 heavy (non-hydrogen) atoms. The maximum Gasteiger partial charge on any atom is 0.225 e. The Kier molecular flexibility index (Phi) is 5.60. The first kappa shape index (κ1) is 18.4. The minimum atomic E-state index is 0.0477. The first-order valence-corrected chi connectivity index (χ1v) is 9.39. The van der Waals surface area contributed by atoms with Crippen molar-refractivity contribution in [3.8, 4) is 16.9 Å². The zero-order chi connectivity index (χ0) is 18.7. The standard InChI is InChI=1S/C22H28N2O2/c1-15(2)22(25)24-10-6-8-18(14-24)21-13-19(11-16(3)23-21)17-7-5-9-20(12-17)26-4/h5,7,9,11-13,15,18H,6,8,10,14H2,1-4H3. The fourth-order valence-corrected chi connectivity index (χ4v) is 3.66. The van der Waals surface area contributed by atoms with Gasteiger partial charge in [0.25, 0.3) is 0 Å². The molecule has 2 heterocycles. The number of carbonyl (C=O) groups excluding carboxylic acids is 1. The van der Waals surface area contributed by atoms with E-state index < -0.39 is 0 Å². The second-order valence-electron chi connectivity index (χ2n) is 7.43. The highest BCUT2D eigenvalue weighted by Gasteiger charge is 2.27. The molecule has 1 unspecified atom stereocenters. The van der Waals surface area contributed by atoms with Crippen molar-refractivity contribution in [3.63, 3.8) is 0 Å². The van der Waals surface area contributed by atoms with E-state index in [9.17, 15) is 4.79 Å². The molecule has 4 heteroatoms. The quantitative estimate of drug-likeness (QED) is 0.817. The molecule has 0 saturated carbocycles. The molecule has 1 saturated heterocycles. The van der Waals surface area contributed by atoms with Crippen molar-refractivity contribution >= 4 is 5.91 Å². The molecule has 0 spiro atoms. The van der Waals surface area contributed by atoms with Crippen LogP contribution in [-0.2, 0) is 4.79 Å². The molecule has 1 amide bonds. The summed E-state index contributed by atoms with van der Waals surface area (Å²) in [5.74, 6) is 1.45. The van der Waals surface area contributed by atoms with Crippen molar-refractivity contribution in [2.75, 3.05) is 20.2 Å². The molecule has 3 rings (SSSR count). The summed E-state index contributed by atoms with van der Waals surface area (Å²) in [4.78, 5) is 19.2. The third-order valence-electron chi connectivity index (χ3n) is 5.02. The minimum Gasteiger partial charge on any atom is -0.497 e. The number of rotatable bonds is 4. The summed E-state index contributed by atoms with van der Waals surface area (Å²) in [6, 6.07) is 12.4. The number of amides is 1. The number of pyridine rings is 1. The summed E-state index contributed by atoms with van der Waals surface area (Å²) in [6.45, 7) is 7.61. The Balaban J connectivity index is 1.88. The van der Waals surface area contributed by atoms with Crippen LogP contribution in [0.15, 0.2) is 36.4 Å². The Morgan fingerprint density at radius 1 is 1.23 bits per heavy atom. The van der Waals surface area contributed by atoms with E-state index in [1.54, 1.807) is 7.11 Å². The molecule has 1 aromatic heterocycles. The third-order valence-corrected chi connectivity index (χ3v) is 5.02. The van der Waals surface area contributed by atoms with Gasteiger partial charge in [0.1, 0.15) is 5.75 Å². The maximum absolute atomic E-state index is 12.4. The van der Waals surface area contributed by atoms with E-state index in [2.05, 4.69) is 18.2 Å². The first-order chi connectivity index (χ1) is 12.5. The lowest BCUT2D eigenvalue weighted by Gasteiger charge is -2.34. The van der Waals surface area contributed by atoms with E-state index in [0.717, 1.165) is 54.2 Å². The van der Waals surface area contributed by atoms with Crippen LogP contribution in [0.4, 0.5) is 0 Å². The van der Waals surface area contributed by atoms with Crippen molar-refractivity contribution in [2.24, 2.45) is 5.92 Å². The molecule has 0 N–H and O–H groups in total. The molecule has 0 radical (unpaired) electrons. The van der Waals surface area contributed by atoms with Crippen molar-refractivity contribution in [1.82, 2.24) is 9.88 Å². The molecule has 1 aliphatic rings. The summed E-state index contributed by atoms with van der Waals surface area (Å²) >= 11 is 0. The predicted octanol–water partition coefficient (Wildman–Crippen LogP) is 4.43. The van der Waals surface area contributed by atoms with Crippen molar-refractivity contribution in [3.05, 3.63) is 47.8 Å². The Hall–Kier alpha value is -2.36. The molecule has 0 bridgehead atoms. The van der Waals surface area contributed by atoms with E-state index in [0.29, 0.717) is 5.92 Å². The Morgan fingerprint density at radius 3 is 2.77 bits per heavy atom. The molecule has 0 aliphatic carbocycles. The number of carbonyl (C=O) groups is 1. The summed E-state index contributed by atoms with van der Waals surface area (Å²) in [5, 5.41) is 0. The molecular formula is C22H28N2O2. The Morgan fingerprint density at radius 2 is 2.04 bits per heavy atom. The van der Waals surface area contributed by atoms with Crippen LogP contribution >= 0.6 is 0 Å². The third kappa shape index (κ3) is 4.06. The minimum absolute atomic E-state index is 0.0477. The molecule has 1 atom stereocenters. The number of hydrogen-bond acceptors (Lipinski definition) is 3. The van der Waals surface area contributed by atoms with Gasteiger partial charge in [-0.1, -0.05) is 26.0 Å². The number of piperidine rings is 1. The van der Waals surface area contributed by atoms with Gasteiger partial charge in [-0.05, 0) is 55.2 Å². The average Bonchev–Trinajstić information content (AvgIpc) is 2.67. The average molecular weight is 352 g/mol. The molecule has 1 fully saturated rings. The summed E-state index contributed by atoms with van der Waals surface area (Å²) < 4.78 is 5.36. The number of nitrogens with zero attached hydrogens (tertiary/aromatic N) is 2. The maximum atomic E-state index is 12.4. The molecule has 1 aliphatic heterocycles. The summed E-state index contributed by atoms with van der Waals surface area (Å²) in [7, 11) is 1.69. The van der Waals surface area contributed by atoms with Gasteiger partial charge >= 0.3 is 0 Å². The van der Waals surface area contributed by atoms with Crippen LogP contribution in [0.1, 0.15) is 44.0 Å². The highest BCUT2D eigenvalue weighted by Crippen LogP contribution is 2.31. The first-order valence-electron chi connectivity index (χ1n) is 9.39. The normalized spacial score (nSPS) is 17.4. The number of methoxy groups -OCH3 is 1. The predicted molar refractivity (Wildman–Crippen MR) is 104 cm³/mol. The van der Waals surface area contributed by atoms with E-state index in [4.69, 9.17) is 9.72 Å². The van der Waals surface area contributed by atoms with Crippen LogP contribution in [-0.4, -0.2) is 36.0 Å². The topological polar surface area (TPSA) is 42.4 Å². The second kappa shape index (κ2) is 7.90. The smallest absolute Gasteiger partial charge is 0.225 e. The molecular weight excluding hydrogens is 324 g/mol. The number of benzene rings is 1. The summed E-state index contributed by atoms with van der Waals surface area (Å²) in [5.41, 5.74) is 4.37. The largest absolute Gasteiger partial charge is 0.497 e. The van der Waals surface area contributed by atoms with E-state index in [1.165, 1.54) is 0 Å². The number of hydrogen-bond donors (Lipinski definition) is 0. The molecule has 1 aromatic carbocycles. The fraction of sp³-hybridized carbons (Fsp3) is 0.455. The zero-order valence-corrected chi connectivity index (χ0v) is 16.2. The van der Waals surface area contributed by atoms with Gasteiger partial charge in [-0.3, -0.25) is 9.78 Å². The Labute approximate surface area is 156 Å². The van der Waals surface area contributed by atoms with Gasteiger partial charge in [0.05, 0.1) is 7.11 Å². The van der Waals surface area contributed by atoms with Crippen LogP contribution in [0.5, 0.6) is 5.75 Å². The Bertz CT molecular complexity index is 785. The SMILES string of the molecule is COc1cccc(-c2cc(C)nc(C3CCCN(C(=O)C(C)C)C3)c2)c1. The van der Waals surface area contributed by atoms with Crippen molar-refractivity contribution < 1.29 is 9.53 Å². The van der Waals surface area contributed by atoms with E-state index in [-0.39, 0.29) is 11.8 Å². The van der Waals surface area contributed by atoms with Gasteiger partial charge in [-0.15, -0.1) is 0 Å². The van der Waals surface area contributed by atoms with Gasteiger partial charge in [0.2, 0.25) is 5.91 Å². The van der Waals surface area contributed by atoms with Crippen LogP contribution in [0, 0.1) is 12.8 Å². The lowest BCUT2D eigenvalue weighted by Crippen LogP contribution is -2.41. The van der Waals surface area contributed by atoms with Crippen LogP contribution in [0.2, 0.25) is 0 Å². The highest BCUT2D eigenvalue weighted by atomic mass is 16.5. The highest BCUT2D eigenvalue weighted by molar-refractivity contribution is 5.78. The van der Waals surface area contributed by atoms with E-state index in [1.807, 2.05) is 43.9 Å². The lowest BCUT2D eigenvalue weighted by atomic mass is 9.91. The summed E-state index contributed by atoms with van der Waals surface area (Å²) in [6.07, 6.45) is 2.11. The number of ether oxygens (including phenoxy) is 1. The number of aromatic nitrogens is 1. The number of aryl methyl sites for hydroxylation is 1. The monoisotopic (exact) mass is 352 g/mol. The van der Waals surface area contributed by atoms with Gasteiger partial charge in [0.15, 0.2) is 0 Å².